The van der Waals surface area contributed by atoms with Crippen molar-refractivity contribution in [2.24, 2.45) is 0 Å². The summed E-state index contributed by atoms with van der Waals surface area (Å²) in [5, 5.41) is 0. The summed E-state index contributed by atoms with van der Waals surface area (Å²) in [7, 11) is -4.89. The largest absolute Gasteiger partial charge is 0.399 e. The second kappa shape index (κ2) is 6.26. The Morgan fingerprint density at radius 2 is 2.11 bits per heavy atom. The lowest BCUT2D eigenvalue weighted by molar-refractivity contribution is 0.556. The first kappa shape index (κ1) is 15.1. The minimum Gasteiger partial charge on any atom is -0.399 e. The van der Waals surface area contributed by atoms with Gasteiger partial charge in [-0.3, -0.25) is 4.21 Å². The van der Waals surface area contributed by atoms with E-state index in [0.29, 0.717) is 12.2 Å². The van der Waals surface area contributed by atoms with Crippen molar-refractivity contribution < 1.29 is 17.0 Å². The molecule has 18 heavy (non-hydrogen) atoms. The van der Waals surface area contributed by atoms with Crippen molar-refractivity contribution in [3.63, 3.8) is 0 Å². The summed E-state index contributed by atoms with van der Waals surface area (Å²) in [6.45, 7) is 0.107. The molecule has 0 amide bonds. The molecule has 1 aromatic rings. The quantitative estimate of drug-likeness (QED) is 0.589. The van der Waals surface area contributed by atoms with E-state index in [-0.39, 0.29) is 12.2 Å². The van der Waals surface area contributed by atoms with Crippen LogP contribution in [0.2, 0.25) is 0 Å². The fourth-order valence-corrected chi connectivity index (χ4v) is 3.02. The van der Waals surface area contributed by atoms with Crippen molar-refractivity contribution in [3.05, 3.63) is 24.0 Å². The summed E-state index contributed by atoms with van der Waals surface area (Å²) in [6, 6.07) is 3.36. The van der Waals surface area contributed by atoms with Crippen LogP contribution in [0.15, 0.2) is 23.1 Å². The predicted octanol–water partition coefficient (Wildman–Crippen LogP) is 0.455. The Morgan fingerprint density at radius 1 is 1.44 bits per heavy atom. The van der Waals surface area contributed by atoms with Gasteiger partial charge in [0.25, 0.3) is 0 Å². The Bertz CT molecular complexity index is 546. The maximum absolute atomic E-state index is 13.4. The Balaban J connectivity index is 2.74. The van der Waals surface area contributed by atoms with Gasteiger partial charge in [0.15, 0.2) is 0 Å². The smallest absolute Gasteiger partial charge is 0.243 e. The first-order chi connectivity index (χ1) is 8.33. The maximum Gasteiger partial charge on any atom is 0.243 e. The van der Waals surface area contributed by atoms with Gasteiger partial charge >= 0.3 is 0 Å². The molecule has 0 radical (unpaired) electrons. The van der Waals surface area contributed by atoms with Gasteiger partial charge in [-0.15, -0.1) is 0 Å². The van der Waals surface area contributed by atoms with Crippen molar-refractivity contribution in [3.8, 4) is 0 Å². The molecule has 3 N–H and O–H groups in total. The van der Waals surface area contributed by atoms with Gasteiger partial charge in [-0.05, 0) is 24.6 Å². The molecule has 0 fully saturated rings. The van der Waals surface area contributed by atoms with Crippen molar-refractivity contribution in [2.45, 2.75) is 11.3 Å². The number of nitrogens with two attached hydrogens (primary N) is 1. The molecular formula is C10H15FN2O3S2. The molecule has 0 saturated heterocycles. The lowest BCUT2D eigenvalue weighted by atomic mass is 10.3. The SMILES string of the molecule is CS(=O)CCCNS(=O)(=O)c1cc(N)ccc1F. The topological polar surface area (TPSA) is 89.3 Å². The Morgan fingerprint density at radius 3 is 2.72 bits per heavy atom. The Labute approximate surface area is 108 Å². The van der Waals surface area contributed by atoms with Crippen LogP contribution in [-0.2, 0) is 20.8 Å². The zero-order valence-electron chi connectivity index (χ0n) is 9.85. The molecule has 0 bridgehead atoms. The molecule has 0 aliphatic heterocycles. The number of nitrogen functional groups attached to an aromatic ring is 1. The van der Waals surface area contributed by atoms with Crippen LogP contribution in [0.1, 0.15) is 6.42 Å². The second-order valence-corrected chi connectivity index (χ2v) is 7.01. The predicted molar refractivity (Wildman–Crippen MR) is 69.6 cm³/mol. The number of hydrogen-bond acceptors (Lipinski definition) is 4. The average Bonchev–Trinajstić information content (AvgIpc) is 2.27. The summed E-state index contributed by atoms with van der Waals surface area (Å²) < 4.78 is 49.9. The normalized spacial score (nSPS) is 13.4. The van der Waals surface area contributed by atoms with Gasteiger partial charge in [0.2, 0.25) is 10.0 Å². The van der Waals surface area contributed by atoms with Crippen LogP contribution >= 0.6 is 0 Å². The van der Waals surface area contributed by atoms with Crippen LogP contribution in [0.25, 0.3) is 0 Å². The Kier molecular flexibility index (Phi) is 5.24. The second-order valence-electron chi connectivity index (χ2n) is 3.72. The van der Waals surface area contributed by atoms with Crippen LogP contribution in [0.4, 0.5) is 10.1 Å². The number of sulfonamides is 1. The highest BCUT2D eigenvalue weighted by molar-refractivity contribution is 7.89. The molecule has 8 heteroatoms. The van der Waals surface area contributed by atoms with Crippen molar-refractivity contribution in [2.75, 3.05) is 24.3 Å². The molecule has 0 spiro atoms. The van der Waals surface area contributed by atoms with Crippen molar-refractivity contribution in [1.29, 1.82) is 0 Å². The average molecular weight is 294 g/mol. The Hall–Kier alpha value is -0.990. The van der Waals surface area contributed by atoms with Gasteiger partial charge < -0.3 is 5.73 Å². The minimum atomic E-state index is -3.92. The van der Waals surface area contributed by atoms with Crippen molar-refractivity contribution >= 4 is 26.5 Å². The van der Waals surface area contributed by atoms with E-state index in [2.05, 4.69) is 4.72 Å². The van der Waals surface area contributed by atoms with Crippen LogP contribution in [0.3, 0.4) is 0 Å². The summed E-state index contributed by atoms with van der Waals surface area (Å²) in [4.78, 5) is -0.472. The molecular weight excluding hydrogens is 279 g/mol. The zero-order chi connectivity index (χ0) is 13.8. The maximum atomic E-state index is 13.4. The molecule has 0 aliphatic carbocycles. The minimum absolute atomic E-state index is 0.107. The van der Waals surface area contributed by atoms with Gasteiger partial charge in [0, 0.05) is 35.0 Å². The fraction of sp³-hybridized carbons (Fsp3) is 0.400. The van der Waals surface area contributed by atoms with Crippen LogP contribution < -0.4 is 10.5 Å². The van der Waals surface area contributed by atoms with E-state index in [9.17, 15) is 17.0 Å². The van der Waals surface area contributed by atoms with E-state index in [4.69, 9.17) is 5.73 Å². The number of nitrogens with one attached hydrogen (secondary N) is 1. The molecule has 0 aliphatic rings. The molecule has 0 saturated carbocycles. The van der Waals surface area contributed by atoms with Gasteiger partial charge in [0.1, 0.15) is 10.7 Å². The van der Waals surface area contributed by atoms with Gasteiger partial charge in [0.05, 0.1) is 0 Å². The molecule has 102 valence electrons. The van der Waals surface area contributed by atoms with Gasteiger partial charge in [-0.2, -0.15) is 0 Å². The van der Waals surface area contributed by atoms with E-state index in [1.54, 1.807) is 0 Å². The summed E-state index contributed by atoms with van der Waals surface area (Å²) in [5.74, 6) is -0.460. The van der Waals surface area contributed by atoms with Gasteiger partial charge in [-0.1, -0.05) is 0 Å². The third-order valence-electron chi connectivity index (χ3n) is 2.15. The molecule has 5 nitrogen and oxygen atoms in total. The van der Waals surface area contributed by atoms with Crippen LogP contribution in [0, 0.1) is 5.82 Å². The number of halogens is 1. The highest BCUT2D eigenvalue weighted by Gasteiger charge is 2.18. The zero-order valence-corrected chi connectivity index (χ0v) is 11.5. The fourth-order valence-electron chi connectivity index (χ4n) is 1.29. The third kappa shape index (κ3) is 4.35. The standard InChI is InChI=1S/C10H15FN2O3S2/c1-17(14)6-2-5-13-18(15,16)10-7-8(12)3-4-9(10)11/h3-4,7,13H,2,5-6,12H2,1H3. The number of hydrogen-bond donors (Lipinski definition) is 2. The summed E-state index contributed by atoms with van der Waals surface area (Å²) >= 11 is 0. The van der Waals surface area contributed by atoms with Crippen molar-refractivity contribution in [1.82, 2.24) is 4.72 Å². The number of anilines is 1. The van der Waals surface area contributed by atoms with E-state index in [1.807, 2.05) is 0 Å². The van der Waals surface area contributed by atoms with E-state index < -0.39 is 31.5 Å². The van der Waals surface area contributed by atoms with Gasteiger partial charge in [-0.25, -0.2) is 17.5 Å². The molecule has 1 aromatic carbocycles. The molecule has 1 rings (SSSR count). The molecule has 0 heterocycles. The van der Waals surface area contributed by atoms with E-state index in [1.165, 1.54) is 12.3 Å². The molecule has 1 atom stereocenters. The lowest BCUT2D eigenvalue weighted by Crippen LogP contribution is -2.26. The van der Waals surface area contributed by atoms with E-state index >= 15 is 0 Å². The first-order valence-electron chi connectivity index (χ1n) is 5.17. The summed E-state index contributed by atoms with van der Waals surface area (Å²) in [6.07, 6.45) is 1.96. The summed E-state index contributed by atoms with van der Waals surface area (Å²) in [5.41, 5.74) is 5.59. The monoisotopic (exact) mass is 294 g/mol. The lowest BCUT2D eigenvalue weighted by Gasteiger charge is -2.07. The molecule has 1 unspecified atom stereocenters. The van der Waals surface area contributed by atoms with Crippen LogP contribution in [0.5, 0.6) is 0 Å². The highest BCUT2D eigenvalue weighted by Crippen LogP contribution is 2.17. The first-order valence-corrected chi connectivity index (χ1v) is 8.38. The number of benzene rings is 1. The number of rotatable bonds is 6. The van der Waals surface area contributed by atoms with Crippen LogP contribution in [-0.4, -0.2) is 31.2 Å². The molecule has 0 aromatic heterocycles. The van der Waals surface area contributed by atoms with E-state index in [0.717, 1.165) is 12.1 Å². The highest BCUT2D eigenvalue weighted by atomic mass is 32.2. The third-order valence-corrected chi connectivity index (χ3v) is 4.49.